The van der Waals surface area contributed by atoms with Crippen molar-refractivity contribution in [3.63, 3.8) is 0 Å². The van der Waals surface area contributed by atoms with E-state index in [9.17, 15) is 9.59 Å². The van der Waals surface area contributed by atoms with Gasteiger partial charge in [-0.3, -0.25) is 9.59 Å². The lowest BCUT2D eigenvalue weighted by Crippen LogP contribution is -2.44. The number of furan rings is 1. The van der Waals surface area contributed by atoms with Crippen LogP contribution in [0.4, 0.5) is 0 Å². The van der Waals surface area contributed by atoms with Gasteiger partial charge in [-0.25, -0.2) is 0 Å². The van der Waals surface area contributed by atoms with Crippen molar-refractivity contribution >= 4 is 11.8 Å². The van der Waals surface area contributed by atoms with Crippen LogP contribution < -0.4 is 5.32 Å². The predicted molar refractivity (Wildman–Crippen MR) is 94.9 cm³/mol. The van der Waals surface area contributed by atoms with Crippen LogP contribution in [0.25, 0.3) is 0 Å². The molecule has 1 fully saturated rings. The van der Waals surface area contributed by atoms with Crippen molar-refractivity contribution in [2.75, 3.05) is 6.54 Å². The Morgan fingerprint density at radius 3 is 2.64 bits per heavy atom. The van der Waals surface area contributed by atoms with Gasteiger partial charge in [0.05, 0.1) is 6.54 Å². The fraction of sp³-hybridized carbons (Fsp3) is 0.400. The smallest absolute Gasteiger partial charge is 0.242 e. The second kappa shape index (κ2) is 7.55. The molecule has 1 aromatic carbocycles. The predicted octanol–water partition coefficient (Wildman–Crippen LogP) is 2.75. The number of hydrogen-bond acceptors (Lipinski definition) is 3. The summed E-state index contributed by atoms with van der Waals surface area (Å²) in [6.07, 6.45) is 1.76. The van der Waals surface area contributed by atoms with Gasteiger partial charge in [0.2, 0.25) is 11.8 Å². The average molecular weight is 340 g/mol. The third-order valence-electron chi connectivity index (χ3n) is 4.59. The number of amides is 2. The van der Waals surface area contributed by atoms with E-state index in [-0.39, 0.29) is 11.8 Å². The van der Waals surface area contributed by atoms with Crippen LogP contribution in [0.15, 0.2) is 40.8 Å². The summed E-state index contributed by atoms with van der Waals surface area (Å²) in [6, 6.07) is 11.6. The Morgan fingerprint density at radius 1 is 1.20 bits per heavy atom. The summed E-state index contributed by atoms with van der Waals surface area (Å²) in [4.78, 5) is 26.3. The van der Waals surface area contributed by atoms with Gasteiger partial charge in [0, 0.05) is 13.0 Å². The Balaban J connectivity index is 1.54. The number of aryl methyl sites for hydroxylation is 2. The van der Waals surface area contributed by atoms with Gasteiger partial charge in [-0.2, -0.15) is 0 Å². The molecule has 1 aliphatic heterocycles. The highest BCUT2D eigenvalue weighted by Crippen LogP contribution is 2.22. The quantitative estimate of drug-likeness (QED) is 0.879. The SMILES string of the molecule is Cc1ccc(CCNC(=O)[C@@H]2CCC(=O)N2Cc2ccc(C)o2)cc1. The third kappa shape index (κ3) is 4.29. The van der Waals surface area contributed by atoms with E-state index in [4.69, 9.17) is 4.42 Å². The molecular weight excluding hydrogens is 316 g/mol. The van der Waals surface area contributed by atoms with E-state index >= 15 is 0 Å². The number of nitrogens with zero attached hydrogens (tertiary/aromatic N) is 1. The minimum atomic E-state index is -0.407. The lowest BCUT2D eigenvalue weighted by atomic mass is 10.1. The number of likely N-dealkylation sites (tertiary alicyclic amines) is 1. The monoisotopic (exact) mass is 340 g/mol. The summed E-state index contributed by atoms with van der Waals surface area (Å²) in [7, 11) is 0. The maximum atomic E-state index is 12.5. The fourth-order valence-electron chi connectivity index (χ4n) is 3.15. The molecule has 0 unspecified atom stereocenters. The molecule has 0 aliphatic carbocycles. The van der Waals surface area contributed by atoms with Crippen molar-refractivity contribution in [1.82, 2.24) is 10.2 Å². The van der Waals surface area contributed by atoms with Crippen LogP contribution >= 0.6 is 0 Å². The van der Waals surface area contributed by atoms with Gasteiger partial charge in [0.25, 0.3) is 0 Å². The first-order valence-corrected chi connectivity index (χ1v) is 8.71. The Kier molecular flexibility index (Phi) is 5.22. The number of carbonyl (C=O) groups is 2. The molecule has 1 atom stereocenters. The summed E-state index contributed by atoms with van der Waals surface area (Å²) in [5, 5.41) is 2.97. The average Bonchev–Trinajstić information content (AvgIpc) is 3.16. The molecule has 0 bridgehead atoms. The first-order valence-electron chi connectivity index (χ1n) is 8.71. The summed E-state index contributed by atoms with van der Waals surface area (Å²) < 4.78 is 5.54. The van der Waals surface area contributed by atoms with Crippen molar-refractivity contribution in [2.24, 2.45) is 0 Å². The zero-order chi connectivity index (χ0) is 17.8. The first-order chi connectivity index (χ1) is 12.0. The number of rotatable bonds is 6. The van der Waals surface area contributed by atoms with E-state index in [0.29, 0.717) is 31.7 Å². The van der Waals surface area contributed by atoms with Gasteiger partial charge < -0.3 is 14.6 Å². The molecule has 1 aliphatic rings. The van der Waals surface area contributed by atoms with E-state index in [1.165, 1.54) is 11.1 Å². The second-order valence-corrected chi connectivity index (χ2v) is 6.62. The Bertz CT molecular complexity index is 749. The number of carbonyl (C=O) groups excluding carboxylic acids is 2. The van der Waals surface area contributed by atoms with E-state index in [0.717, 1.165) is 12.2 Å². The number of nitrogens with one attached hydrogen (secondary N) is 1. The molecule has 1 saturated heterocycles. The minimum Gasteiger partial charge on any atom is -0.464 e. The molecule has 2 heterocycles. The molecule has 2 aromatic rings. The zero-order valence-electron chi connectivity index (χ0n) is 14.7. The molecular formula is C20H24N2O3. The van der Waals surface area contributed by atoms with Crippen molar-refractivity contribution in [3.8, 4) is 0 Å². The number of benzene rings is 1. The Labute approximate surface area is 148 Å². The maximum absolute atomic E-state index is 12.5. The van der Waals surface area contributed by atoms with Crippen LogP contribution in [0.3, 0.4) is 0 Å². The Morgan fingerprint density at radius 2 is 1.96 bits per heavy atom. The second-order valence-electron chi connectivity index (χ2n) is 6.62. The fourth-order valence-corrected chi connectivity index (χ4v) is 3.15. The molecule has 0 radical (unpaired) electrons. The largest absolute Gasteiger partial charge is 0.464 e. The topological polar surface area (TPSA) is 62.6 Å². The van der Waals surface area contributed by atoms with Gasteiger partial charge in [-0.1, -0.05) is 29.8 Å². The third-order valence-corrected chi connectivity index (χ3v) is 4.59. The van der Waals surface area contributed by atoms with Crippen LogP contribution in [0, 0.1) is 13.8 Å². The molecule has 2 amide bonds. The molecule has 0 saturated carbocycles. The van der Waals surface area contributed by atoms with Gasteiger partial charge >= 0.3 is 0 Å². The Hall–Kier alpha value is -2.56. The lowest BCUT2D eigenvalue weighted by Gasteiger charge is -2.23. The van der Waals surface area contributed by atoms with Gasteiger partial charge in [0.1, 0.15) is 17.6 Å². The normalized spacial score (nSPS) is 17.1. The highest BCUT2D eigenvalue weighted by molar-refractivity contribution is 5.90. The van der Waals surface area contributed by atoms with Crippen molar-refractivity contribution in [1.29, 1.82) is 0 Å². The van der Waals surface area contributed by atoms with Crippen molar-refractivity contribution in [3.05, 3.63) is 59.0 Å². The van der Waals surface area contributed by atoms with Gasteiger partial charge in [-0.15, -0.1) is 0 Å². The number of hydrogen-bond donors (Lipinski definition) is 1. The molecule has 132 valence electrons. The molecule has 0 spiro atoms. The van der Waals surface area contributed by atoms with Crippen LogP contribution in [-0.4, -0.2) is 29.3 Å². The molecule has 3 rings (SSSR count). The van der Waals surface area contributed by atoms with E-state index in [1.54, 1.807) is 4.90 Å². The van der Waals surface area contributed by atoms with Gasteiger partial charge in [-0.05, 0) is 44.4 Å². The van der Waals surface area contributed by atoms with Crippen molar-refractivity contribution < 1.29 is 14.0 Å². The molecule has 1 aromatic heterocycles. The summed E-state index contributed by atoms with van der Waals surface area (Å²) in [5.41, 5.74) is 2.41. The molecule has 5 heteroatoms. The van der Waals surface area contributed by atoms with E-state index in [2.05, 4.69) is 36.5 Å². The first kappa shape index (κ1) is 17.3. The highest BCUT2D eigenvalue weighted by Gasteiger charge is 2.36. The van der Waals surface area contributed by atoms with Crippen LogP contribution in [-0.2, 0) is 22.6 Å². The van der Waals surface area contributed by atoms with Crippen LogP contribution in [0.1, 0.15) is 35.5 Å². The summed E-state index contributed by atoms with van der Waals surface area (Å²) >= 11 is 0. The van der Waals surface area contributed by atoms with Crippen LogP contribution in [0.2, 0.25) is 0 Å². The van der Waals surface area contributed by atoms with E-state index < -0.39 is 6.04 Å². The summed E-state index contributed by atoms with van der Waals surface area (Å²) in [6.45, 7) is 4.84. The molecule has 1 N–H and O–H groups in total. The molecule has 25 heavy (non-hydrogen) atoms. The minimum absolute atomic E-state index is 0.00716. The van der Waals surface area contributed by atoms with E-state index in [1.807, 2.05) is 19.1 Å². The van der Waals surface area contributed by atoms with Crippen LogP contribution in [0.5, 0.6) is 0 Å². The zero-order valence-corrected chi connectivity index (χ0v) is 14.7. The highest BCUT2D eigenvalue weighted by atomic mass is 16.3. The maximum Gasteiger partial charge on any atom is 0.242 e. The molecule has 5 nitrogen and oxygen atoms in total. The van der Waals surface area contributed by atoms with Gasteiger partial charge in [0.15, 0.2) is 0 Å². The summed E-state index contributed by atoms with van der Waals surface area (Å²) in [5.74, 6) is 1.44. The van der Waals surface area contributed by atoms with Crippen molar-refractivity contribution in [2.45, 2.75) is 45.7 Å². The lowest BCUT2D eigenvalue weighted by molar-refractivity contribution is -0.136. The standard InChI is InChI=1S/C20H24N2O3/c1-14-3-6-16(7-4-14)11-12-21-20(24)18-9-10-19(23)22(18)13-17-8-5-15(2)25-17/h3-8,18H,9-13H2,1-2H3,(H,21,24)/t18-/m0/s1.